The summed E-state index contributed by atoms with van der Waals surface area (Å²) in [4.78, 5) is 4.61. The zero-order valence-electron chi connectivity index (χ0n) is 31.7. The Morgan fingerprint density at radius 3 is 1.11 bits per heavy atom. The van der Waals surface area contributed by atoms with Crippen LogP contribution in [0.5, 0.6) is 0 Å². The van der Waals surface area contributed by atoms with Crippen molar-refractivity contribution < 1.29 is 0 Å². The highest BCUT2D eigenvalue weighted by molar-refractivity contribution is 7.93. The second-order valence-corrected chi connectivity index (χ2v) is 18.9. The highest BCUT2D eigenvalue weighted by Gasteiger charge is 2.39. The van der Waals surface area contributed by atoms with Crippen LogP contribution in [0.15, 0.2) is 169 Å². The maximum atomic E-state index is 10.9. The molecule has 0 aliphatic carbocycles. The number of hydrogen-bond acceptors (Lipinski definition) is 5. The Morgan fingerprint density at radius 1 is 0.429 bits per heavy atom. The van der Waals surface area contributed by atoms with E-state index in [0.29, 0.717) is 16.2 Å². The van der Waals surface area contributed by atoms with Crippen LogP contribution in [-0.2, 0) is 10.8 Å². The maximum Gasteiger partial charge on any atom is 0.100 e. The molecule has 6 heteroatoms. The zero-order valence-corrected chi connectivity index (χ0v) is 32.6. The van der Waals surface area contributed by atoms with Crippen molar-refractivity contribution in [2.24, 2.45) is 0 Å². The van der Waals surface area contributed by atoms with Gasteiger partial charge in [0.25, 0.3) is 0 Å². The highest BCUT2D eigenvalue weighted by Crippen LogP contribution is 2.58. The summed E-state index contributed by atoms with van der Waals surface area (Å²) in [7, 11) is 0. The minimum absolute atomic E-state index is 0.185. The van der Waals surface area contributed by atoms with Gasteiger partial charge in [-0.25, -0.2) is 0 Å². The van der Waals surface area contributed by atoms with E-state index in [0.717, 1.165) is 44.7 Å². The molecule has 0 saturated heterocycles. The second-order valence-electron chi connectivity index (χ2n) is 15.5. The first kappa shape index (κ1) is 34.9. The van der Waals surface area contributed by atoms with Crippen molar-refractivity contribution in [2.45, 2.75) is 38.5 Å². The first-order valence-corrected chi connectivity index (χ1v) is 20.6. The smallest absolute Gasteiger partial charge is 0.100 e. The van der Waals surface area contributed by atoms with Crippen molar-refractivity contribution >= 4 is 56.9 Å². The van der Waals surface area contributed by atoms with Crippen LogP contribution in [-0.4, -0.2) is 5.29 Å². The molecule has 0 saturated carbocycles. The van der Waals surface area contributed by atoms with Crippen LogP contribution >= 0.6 is 6.89 Å². The molecule has 0 amide bonds. The molecule has 3 aliphatic heterocycles. The molecule has 56 heavy (non-hydrogen) atoms. The van der Waals surface area contributed by atoms with Gasteiger partial charge in [0.2, 0.25) is 0 Å². The molecule has 0 N–H and O–H groups in total. The van der Waals surface area contributed by atoms with Gasteiger partial charge in [0.05, 0.1) is 45.0 Å². The molecule has 0 aromatic heterocycles. The molecule has 5 nitrogen and oxygen atoms in total. The van der Waals surface area contributed by atoms with E-state index < -0.39 is 6.89 Å². The average molecular weight is 740 g/mol. The van der Waals surface area contributed by atoms with Crippen molar-refractivity contribution in [3.05, 3.63) is 191 Å². The lowest BCUT2D eigenvalue weighted by atomic mass is 9.73. The highest BCUT2D eigenvalue weighted by atomic mass is 31.2. The van der Waals surface area contributed by atoms with Crippen molar-refractivity contribution in [2.75, 3.05) is 9.80 Å². The molecule has 0 spiro atoms. The molecular formula is C50H38N5P. The zero-order chi connectivity index (χ0) is 38.8. The number of para-hydroxylation sites is 4. The molecule has 6 aromatic rings. The van der Waals surface area contributed by atoms with Gasteiger partial charge < -0.3 is 9.80 Å². The largest absolute Gasteiger partial charge is 0.310 e. The van der Waals surface area contributed by atoms with E-state index in [1.165, 1.54) is 22.3 Å². The van der Waals surface area contributed by atoms with Crippen LogP contribution in [0.3, 0.4) is 0 Å². The van der Waals surface area contributed by atoms with E-state index in [4.69, 9.17) is 0 Å². The van der Waals surface area contributed by atoms with E-state index >= 15 is 0 Å². The van der Waals surface area contributed by atoms with E-state index in [-0.39, 0.29) is 10.8 Å². The Bertz CT molecular complexity index is 2600. The van der Waals surface area contributed by atoms with Gasteiger partial charge in [-0.1, -0.05) is 125 Å². The summed E-state index contributed by atoms with van der Waals surface area (Å²) < 4.78 is 0. The number of anilines is 6. The third kappa shape index (κ3) is 4.91. The monoisotopic (exact) mass is 739 g/mol. The van der Waals surface area contributed by atoms with Gasteiger partial charge in [-0.05, 0) is 93.5 Å². The minimum atomic E-state index is -3.00. The van der Waals surface area contributed by atoms with Crippen molar-refractivity contribution in [1.29, 1.82) is 15.8 Å². The molecule has 0 unspecified atom stereocenters. The van der Waals surface area contributed by atoms with Crippen LogP contribution < -0.4 is 20.4 Å². The Hall–Kier alpha value is -6.83. The predicted octanol–water partition coefficient (Wildman–Crippen LogP) is 11.4. The van der Waals surface area contributed by atoms with E-state index in [2.05, 4.69) is 201 Å². The predicted molar refractivity (Wildman–Crippen MR) is 231 cm³/mol. The number of hydrogen-bond donors (Lipinski definition) is 0. The summed E-state index contributed by atoms with van der Waals surface area (Å²) in [5.41, 5.74) is 11.3. The molecule has 0 atom stereocenters. The van der Waals surface area contributed by atoms with Gasteiger partial charge in [0.15, 0.2) is 0 Å². The van der Waals surface area contributed by atoms with Crippen molar-refractivity contribution in [3.8, 4) is 18.2 Å². The third-order valence-corrected chi connectivity index (χ3v) is 16.0. The molecule has 0 radical (unpaired) electrons. The first-order valence-electron chi connectivity index (χ1n) is 18.8. The van der Waals surface area contributed by atoms with Crippen LogP contribution in [0.2, 0.25) is 0 Å². The number of allylic oxidation sites excluding steroid dienone is 4. The number of benzene rings is 6. The Balaban J connectivity index is 1.22. The lowest BCUT2D eigenvalue weighted by Gasteiger charge is -2.42. The lowest BCUT2D eigenvalue weighted by Crippen LogP contribution is -2.31. The Kier molecular flexibility index (Phi) is 8.04. The lowest BCUT2D eigenvalue weighted by molar-refractivity contribution is 0.632. The molecule has 6 aromatic carbocycles. The summed E-state index contributed by atoms with van der Waals surface area (Å²) in [5, 5.41) is 34.3. The van der Waals surface area contributed by atoms with Gasteiger partial charge in [0, 0.05) is 29.1 Å². The number of rotatable bonds is 4. The fourth-order valence-electron chi connectivity index (χ4n) is 9.19. The molecular weight excluding hydrogens is 702 g/mol. The topological polar surface area (TPSA) is 77.8 Å². The van der Waals surface area contributed by atoms with E-state index in [1.807, 2.05) is 0 Å². The van der Waals surface area contributed by atoms with Crippen LogP contribution in [0.4, 0.5) is 34.1 Å². The number of fused-ring (bicyclic) bond motifs is 4. The summed E-state index contributed by atoms with van der Waals surface area (Å²) in [6, 6.07) is 58.1. The maximum absolute atomic E-state index is 10.9. The first-order chi connectivity index (χ1) is 27.2. The molecule has 9 rings (SSSR count). The standard InChI is InChI=1S/C50H38N5P/c1-49(2)41-13-5-9-17-45(41)54(46-18-10-6-14-42(46)49)35-21-25-37(26-22-35)56(39(32-52)29-34(31-51)30-40(56)33-53)38-27-23-36(24-28-38)55-47-19-11-7-15-43(47)50(3,4)44-16-8-12-20-48(44)55/h5-30H,1-4H3. The summed E-state index contributed by atoms with van der Waals surface area (Å²) in [6.45, 7) is 6.09. The van der Waals surface area contributed by atoms with Gasteiger partial charge >= 0.3 is 0 Å². The number of nitrogens with zero attached hydrogens (tertiary/aromatic N) is 5. The van der Waals surface area contributed by atoms with Gasteiger partial charge in [-0.2, -0.15) is 15.8 Å². The van der Waals surface area contributed by atoms with Crippen LogP contribution in [0, 0.1) is 34.0 Å². The van der Waals surface area contributed by atoms with Crippen LogP contribution in [0.25, 0.3) is 0 Å². The van der Waals surface area contributed by atoms with Gasteiger partial charge in [-0.15, -0.1) is 0 Å². The van der Waals surface area contributed by atoms with Crippen LogP contribution in [0.1, 0.15) is 49.9 Å². The number of nitriles is 3. The fraction of sp³-hybridized carbons (Fsp3) is 0.120. The molecule has 0 bridgehead atoms. The fourth-order valence-corrected chi connectivity index (χ4v) is 13.0. The minimum Gasteiger partial charge on any atom is -0.310 e. The molecule has 0 fully saturated rings. The summed E-state index contributed by atoms with van der Waals surface area (Å²) in [6.07, 6.45) is 3.35. The van der Waals surface area contributed by atoms with Gasteiger partial charge in [0.1, 0.15) is 12.1 Å². The summed E-state index contributed by atoms with van der Waals surface area (Å²) >= 11 is 0. The van der Waals surface area contributed by atoms with Crippen molar-refractivity contribution in [1.82, 2.24) is 0 Å². The van der Waals surface area contributed by atoms with Gasteiger partial charge in [-0.3, -0.25) is 0 Å². The molecule has 3 heterocycles. The van der Waals surface area contributed by atoms with E-state index in [9.17, 15) is 15.8 Å². The SMILES string of the molecule is CC1(C)c2ccccc2N(c2ccc(P3(c4ccc(N5c6ccccc6C(C)(C)c6ccccc65)cc4)=C(C#N)C=C(C#N)C=C3C#N)cc2)c2ccccc21. The average Bonchev–Trinajstić information content (AvgIpc) is 3.24. The Labute approximate surface area is 328 Å². The van der Waals surface area contributed by atoms with Crippen molar-refractivity contribution in [3.63, 3.8) is 0 Å². The molecule has 268 valence electrons. The third-order valence-electron chi connectivity index (χ3n) is 11.9. The molecule has 3 aliphatic rings. The second kappa shape index (κ2) is 12.9. The quantitative estimate of drug-likeness (QED) is 0.168. The Morgan fingerprint density at radius 2 is 0.786 bits per heavy atom. The van der Waals surface area contributed by atoms with E-state index in [1.54, 1.807) is 12.2 Å². The summed E-state index contributed by atoms with van der Waals surface area (Å²) in [5.74, 6) is 0. The normalized spacial score (nSPS) is 16.7.